The number of unbranched alkanes of at least 4 members (excludes halogenated alkanes) is 39. The van der Waals surface area contributed by atoms with Crippen LogP contribution in [0.15, 0.2) is 60.8 Å². The Morgan fingerprint density at radius 3 is 0.813 bits per heavy atom. The van der Waals surface area contributed by atoms with Crippen molar-refractivity contribution < 1.29 is 28.6 Å². The molecule has 0 bridgehead atoms. The number of carbonyl (C=O) groups is 3. The van der Waals surface area contributed by atoms with Crippen molar-refractivity contribution >= 4 is 17.9 Å². The number of rotatable bonds is 60. The van der Waals surface area contributed by atoms with Gasteiger partial charge < -0.3 is 14.2 Å². The fraction of sp³-hybridized carbons (Fsp3) is 0.812. The van der Waals surface area contributed by atoms with Gasteiger partial charge in [-0.2, -0.15) is 0 Å². The smallest absolute Gasteiger partial charge is 0.306 e. The van der Waals surface area contributed by atoms with Crippen LogP contribution in [-0.4, -0.2) is 37.2 Å². The molecule has 0 spiro atoms. The second-order valence-electron chi connectivity index (χ2n) is 22.0. The predicted octanol–water partition coefficient (Wildman–Crippen LogP) is 22.3. The summed E-state index contributed by atoms with van der Waals surface area (Å²) < 4.78 is 16.9. The molecule has 0 aliphatic heterocycles. The first kappa shape index (κ1) is 72.1. The highest BCUT2D eigenvalue weighted by Crippen LogP contribution is 2.18. The zero-order chi connectivity index (χ0) is 54.3. The van der Waals surface area contributed by atoms with E-state index >= 15 is 0 Å². The molecule has 0 aromatic carbocycles. The predicted molar refractivity (Wildman–Crippen MR) is 325 cm³/mol. The molecule has 0 N–H and O–H groups in total. The number of ether oxygens (including phenoxy) is 3. The van der Waals surface area contributed by atoms with Crippen LogP contribution in [0.3, 0.4) is 0 Å². The summed E-state index contributed by atoms with van der Waals surface area (Å²) in [5, 5.41) is 0. The topological polar surface area (TPSA) is 78.9 Å². The fourth-order valence-corrected chi connectivity index (χ4v) is 9.65. The van der Waals surface area contributed by atoms with E-state index in [1.165, 1.54) is 212 Å². The van der Waals surface area contributed by atoms with Crippen molar-refractivity contribution in [2.45, 2.75) is 348 Å². The van der Waals surface area contributed by atoms with E-state index in [4.69, 9.17) is 14.2 Å². The van der Waals surface area contributed by atoms with Crippen LogP contribution in [0.1, 0.15) is 342 Å². The zero-order valence-corrected chi connectivity index (χ0v) is 50.1. The molecule has 6 heteroatoms. The van der Waals surface area contributed by atoms with E-state index in [0.717, 1.165) is 89.9 Å². The Morgan fingerprint density at radius 2 is 0.520 bits per heavy atom. The van der Waals surface area contributed by atoms with E-state index in [9.17, 15) is 14.4 Å². The number of esters is 3. The summed E-state index contributed by atoms with van der Waals surface area (Å²) in [5.74, 6) is -0.848. The Morgan fingerprint density at radius 1 is 0.280 bits per heavy atom. The molecule has 0 heterocycles. The lowest BCUT2D eigenvalue weighted by Gasteiger charge is -2.18. The lowest BCUT2D eigenvalue weighted by atomic mass is 10.0. The highest BCUT2D eigenvalue weighted by atomic mass is 16.6. The van der Waals surface area contributed by atoms with Gasteiger partial charge in [-0.25, -0.2) is 0 Å². The average Bonchev–Trinajstić information content (AvgIpc) is 3.41. The molecule has 0 rings (SSSR count). The number of allylic oxidation sites excluding steroid dienone is 10. The number of hydrogen-bond donors (Lipinski definition) is 0. The minimum absolute atomic E-state index is 0.0674. The minimum atomic E-state index is -0.768. The minimum Gasteiger partial charge on any atom is -0.462 e. The first-order chi connectivity index (χ1) is 37.0. The molecule has 1 unspecified atom stereocenters. The number of hydrogen-bond acceptors (Lipinski definition) is 6. The summed E-state index contributed by atoms with van der Waals surface area (Å²) in [6.45, 7) is 6.56. The van der Waals surface area contributed by atoms with Crippen LogP contribution in [0.5, 0.6) is 0 Å². The molecule has 1 atom stereocenters. The Kier molecular flexibility index (Phi) is 61.2. The molecule has 0 aliphatic carbocycles. The van der Waals surface area contributed by atoms with E-state index in [-0.39, 0.29) is 31.1 Å². The highest BCUT2D eigenvalue weighted by molar-refractivity contribution is 5.71. The molecule has 75 heavy (non-hydrogen) atoms. The van der Waals surface area contributed by atoms with Gasteiger partial charge in [0.2, 0.25) is 0 Å². The molecule has 0 aromatic rings. The molecular formula is C69H124O6. The SMILES string of the molecule is CC/C=C\C/C=C\C/C=C\C/C=C\C/C=C\CCCCCCCCCCCCCCCCCC(=O)OCC(COC(=O)CCCCCCCCCCCC)OC(=O)CCCCCCCCCCCCCCCCCC. The fourth-order valence-electron chi connectivity index (χ4n) is 9.65. The van der Waals surface area contributed by atoms with E-state index in [1.54, 1.807) is 0 Å². The largest absolute Gasteiger partial charge is 0.462 e. The summed E-state index contributed by atoms with van der Waals surface area (Å²) in [5.41, 5.74) is 0. The molecule has 0 fully saturated rings. The third kappa shape index (κ3) is 61.8. The van der Waals surface area contributed by atoms with Crippen LogP contribution >= 0.6 is 0 Å². The van der Waals surface area contributed by atoms with Gasteiger partial charge in [0.05, 0.1) is 0 Å². The standard InChI is InChI=1S/C69H124O6/c1-4-7-10-13-16-19-22-24-26-28-29-30-31-32-33-34-35-36-37-38-39-40-41-42-44-45-47-50-53-56-59-62-68(71)74-65-66(64-73-67(70)61-58-55-52-49-21-18-15-12-9-6-3)75-69(72)63-60-57-54-51-48-46-43-27-25-23-20-17-14-11-8-5-2/h7,10,16,19,24,26,29-30,32-33,66H,4-6,8-9,11-15,17-18,20-23,25,27-28,31,34-65H2,1-3H3/b10-7-,19-16-,26-24-,30-29-,33-32-. The zero-order valence-electron chi connectivity index (χ0n) is 50.1. The van der Waals surface area contributed by atoms with E-state index in [2.05, 4.69) is 81.5 Å². The van der Waals surface area contributed by atoms with Gasteiger partial charge in [0.1, 0.15) is 13.2 Å². The molecule has 436 valence electrons. The maximum Gasteiger partial charge on any atom is 0.306 e. The van der Waals surface area contributed by atoms with Gasteiger partial charge in [-0.1, -0.05) is 319 Å². The molecule has 0 amide bonds. The maximum absolute atomic E-state index is 12.9. The average molecular weight is 1050 g/mol. The lowest BCUT2D eigenvalue weighted by Crippen LogP contribution is -2.30. The first-order valence-electron chi connectivity index (χ1n) is 32.8. The Balaban J connectivity index is 4.11. The van der Waals surface area contributed by atoms with E-state index in [1.807, 2.05) is 0 Å². The summed E-state index contributed by atoms with van der Waals surface area (Å²) >= 11 is 0. The van der Waals surface area contributed by atoms with Crippen LogP contribution in [0.2, 0.25) is 0 Å². The van der Waals surface area contributed by atoms with Gasteiger partial charge in [0.25, 0.3) is 0 Å². The lowest BCUT2D eigenvalue weighted by molar-refractivity contribution is -0.167. The Labute approximate surface area is 466 Å². The third-order valence-electron chi connectivity index (χ3n) is 14.5. The van der Waals surface area contributed by atoms with Crippen molar-refractivity contribution in [1.29, 1.82) is 0 Å². The van der Waals surface area contributed by atoms with Gasteiger partial charge in [-0.05, 0) is 64.2 Å². The van der Waals surface area contributed by atoms with Crippen molar-refractivity contribution in [3.8, 4) is 0 Å². The third-order valence-corrected chi connectivity index (χ3v) is 14.5. The Bertz CT molecular complexity index is 1340. The second kappa shape index (κ2) is 63.6. The molecule has 6 nitrogen and oxygen atoms in total. The summed E-state index contributed by atoms with van der Waals surface area (Å²) in [6.07, 6.45) is 81.0. The first-order valence-corrected chi connectivity index (χ1v) is 32.8. The van der Waals surface area contributed by atoms with Crippen LogP contribution in [-0.2, 0) is 28.6 Å². The van der Waals surface area contributed by atoms with Gasteiger partial charge in [-0.3, -0.25) is 14.4 Å². The second-order valence-corrected chi connectivity index (χ2v) is 22.0. The molecule has 0 saturated carbocycles. The van der Waals surface area contributed by atoms with Crippen LogP contribution < -0.4 is 0 Å². The molecule has 0 radical (unpaired) electrons. The molecular weight excluding hydrogens is 925 g/mol. The van der Waals surface area contributed by atoms with Crippen molar-refractivity contribution in [2.24, 2.45) is 0 Å². The molecule has 0 aliphatic rings. The van der Waals surface area contributed by atoms with Crippen molar-refractivity contribution in [3.05, 3.63) is 60.8 Å². The van der Waals surface area contributed by atoms with Crippen LogP contribution in [0.25, 0.3) is 0 Å². The quantitative estimate of drug-likeness (QED) is 0.0261. The number of carbonyl (C=O) groups excluding carboxylic acids is 3. The van der Waals surface area contributed by atoms with Crippen molar-refractivity contribution in [1.82, 2.24) is 0 Å². The van der Waals surface area contributed by atoms with Gasteiger partial charge >= 0.3 is 17.9 Å². The monoisotopic (exact) mass is 1050 g/mol. The Hall–Kier alpha value is -2.89. The summed E-state index contributed by atoms with van der Waals surface area (Å²) in [7, 11) is 0. The van der Waals surface area contributed by atoms with Crippen molar-refractivity contribution in [2.75, 3.05) is 13.2 Å². The van der Waals surface area contributed by atoms with E-state index in [0.29, 0.717) is 19.3 Å². The van der Waals surface area contributed by atoms with Crippen LogP contribution in [0, 0.1) is 0 Å². The highest BCUT2D eigenvalue weighted by Gasteiger charge is 2.19. The van der Waals surface area contributed by atoms with Gasteiger partial charge in [0, 0.05) is 19.3 Å². The molecule has 0 saturated heterocycles. The van der Waals surface area contributed by atoms with Gasteiger partial charge in [-0.15, -0.1) is 0 Å². The summed E-state index contributed by atoms with van der Waals surface area (Å²) in [4.78, 5) is 38.2. The van der Waals surface area contributed by atoms with Gasteiger partial charge in [0.15, 0.2) is 6.10 Å². The van der Waals surface area contributed by atoms with E-state index < -0.39 is 6.10 Å². The normalized spacial score (nSPS) is 12.4. The van der Waals surface area contributed by atoms with Crippen LogP contribution in [0.4, 0.5) is 0 Å². The maximum atomic E-state index is 12.9. The van der Waals surface area contributed by atoms with Crippen molar-refractivity contribution in [3.63, 3.8) is 0 Å². The molecule has 0 aromatic heterocycles. The summed E-state index contributed by atoms with van der Waals surface area (Å²) in [6, 6.07) is 0.